The summed E-state index contributed by atoms with van der Waals surface area (Å²) in [5.74, 6) is 25.7. The van der Waals surface area contributed by atoms with Crippen LogP contribution < -0.4 is 0 Å². The molecule has 62 heavy (non-hydrogen) atoms. The number of phosphoric acid groups is 2. The van der Waals surface area contributed by atoms with Crippen LogP contribution in [0.4, 0.5) is 0 Å². The molecular weight excluding hydrogens is 873 g/mol. The molecular formula is C41H53O18P3. The van der Waals surface area contributed by atoms with Crippen LogP contribution in [0.5, 0.6) is 0 Å². The molecule has 1 fully saturated rings. The number of terminal acetylenes is 1. The highest BCUT2D eigenvalue weighted by atomic mass is 31.2. The van der Waals surface area contributed by atoms with Crippen LogP contribution in [0.2, 0.25) is 0 Å². The Bertz CT molecular complexity index is 2020. The Balaban J connectivity index is 2.96. The molecule has 0 aromatic carbocycles. The first kappa shape index (κ1) is 56.1. The van der Waals surface area contributed by atoms with E-state index in [1.54, 1.807) is 0 Å². The zero-order valence-corrected chi connectivity index (χ0v) is 36.8. The maximum absolute atomic E-state index is 13.0. The third-order valence-corrected chi connectivity index (χ3v) is 11.1. The Morgan fingerprint density at radius 3 is 1.58 bits per heavy atom. The number of esters is 2. The molecule has 0 bridgehead atoms. The van der Waals surface area contributed by atoms with Crippen molar-refractivity contribution in [1.82, 2.24) is 0 Å². The van der Waals surface area contributed by atoms with E-state index in [4.69, 9.17) is 24.9 Å². The number of phosphoric ester groups is 2. The van der Waals surface area contributed by atoms with Crippen molar-refractivity contribution in [3.63, 3.8) is 0 Å². The molecule has 0 aromatic rings. The molecule has 4 unspecified atom stereocenters. The van der Waals surface area contributed by atoms with Crippen molar-refractivity contribution in [2.75, 3.05) is 19.4 Å². The lowest BCUT2D eigenvalue weighted by Crippen LogP contribution is -2.62. The second-order valence-electron chi connectivity index (χ2n) is 13.7. The smallest absolute Gasteiger partial charge is 0.456 e. The zero-order valence-electron chi connectivity index (χ0n) is 34.1. The number of aliphatic hydroxyl groups excluding tert-OH is 3. The molecule has 18 nitrogen and oxygen atoms in total. The minimum atomic E-state index is -5.55. The first-order valence-corrected chi connectivity index (χ1v) is 24.4. The van der Waals surface area contributed by atoms with Crippen molar-refractivity contribution in [3.8, 4) is 83.4 Å². The summed E-state index contributed by atoms with van der Waals surface area (Å²) in [7, 11) is -16.1. The van der Waals surface area contributed by atoms with E-state index in [0.29, 0.717) is 12.8 Å². The summed E-state index contributed by atoms with van der Waals surface area (Å²) >= 11 is 0. The maximum atomic E-state index is 13.0. The van der Waals surface area contributed by atoms with Crippen molar-refractivity contribution >= 4 is 35.2 Å². The average Bonchev–Trinajstić information content (AvgIpc) is 3.19. The highest BCUT2D eigenvalue weighted by molar-refractivity contribution is 7.51. The maximum Gasteiger partial charge on any atom is 0.472 e. The third kappa shape index (κ3) is 27.2. The van der Waals surface area contributed by atoms with Crippen LogP contribution in [-0.2, 0) is 46.3 Å². The minimum Gasteiger partial charge on any atom is -0.456 e. The van der Waals surface area contributed by atoms with Crippen molar-refractivity contribution < 1.29 is 86.1 Å². The molecule has 0 spiro atoms. The van der Waals surface area contributed by atoms with E-state index in [1.807, 2.05) is 5.92 Å². The van der Waals surface area contributed by atoms with E-state index in [2.05, 4.69) is 82.5 Å². The first-order valence-electron chi connectivity index (χ1n) is 19.6. The number of carbonyl (C=O) groups excluding carboxylic acids is 2. The Kier molecular flexibility index (Phi) is 28.1. The predicted molar refractivity (Wildman–Crippen MR) is 223 cm³/mol. The molecule has 0 aromatic heterocycles. The topological polar surface area (TPSA) is 293 Å². The van der Waals surface area contributed by atoms with Crippen LogP contribution in [-0.4, -0.2) is 108 Å². The molecule has 8 atom stereocenters. The molecule has 0 heterocycles. The number of carbonyl (C=O) groups is 2. The van der Waals surface area contributed by atoms with Gasteiger partial charge in [0, 0.05) is 18.3 Å². The SMILES string of the molecule is C#CC#CC#CC#CC#CC#CC#CC(=O)OC[C@@H](COP(=O)(O)OC1C(O)[C@H](O)[C@@H](CP(=O)(O)O)C(OP(=O)(O)O)[C@@H]1O)OC(=O)CCCCCCCCCCCCCCC. The van der Waals surface area contributed by atoms with E-state index < -0.39 is 97.1 Å². The minimum absolute atomic E-state index is 0.0716. The molecule has 0 amide bonds. The van der Waals surface area contributed by atoms with Gasteiger partial charge in [-0.25, -0.2) is 13.9 Å². The van der Waals surface area contributed by atoms with E-state index >= 15 is 0 Å². The molecule has 1 aliphatic rings. The van der Waals surface area contributed by atoms with E-state index in [0.717, 1.165) is 25.7 Å². The van der Waals surface area contributed by atoms with Gasteiger partial charge in [0.2, 0.25) is 0 Å². The molecule has 0 radical (unpaired) electrons. The fourth-order valence-electron chi connectivity index (χ4n) is 5.81. The van der Waals surface area contributed by atoms with E-state index in [9.17, 15) is 63.1 Å². The molecule has 8 N–H and O–H groups in total. The van der Waals surface area contributed by atoms with Crippen LogP contribution >= 0.6 is 23.2 Å². The van der Waals surface area contributed by atoms with Crippen LogP contribution in [0.15, 0.2) is 0 Å². The quantitative estimate of drug-likeness (QED) is 0.0203. The zero-order chi connectivity index (χ0) is 46.4. The Morgan fingerprint density at radius 1 is 0.613 bits per heavy atom. The van der Waals surface area contributed by atoms with Crippen molar-refractivity contribution in [2.24, 2.45) is 5.92 Å². The summed E-state index contributed by atoms with van der Waals surface area (Å²) < 4.78 is 60.8. The molecule has 1 aliphatic carbocycles. The van der Waals surface area contributed by atoms with Gasteiger partial charge < -0.3 is 49.3 Å². The van der Waals surface area contributed by atoms with Gasteiger partial charge in [-0.15, -0.1) is 6.42 Å². The summed E-state index contributed by atoms with van der Waals surface area (Å²) in [5.41, 5.74) is 0. The molecule has 340 valence electrons. The predicted octanol–water partition coefficient (Wildman–Crippen LogP) is 2.45. The van der Waals surface area contributed by atoms with Crippen LogP contribution in [0.3, 0.4) is 0 Å². The van der Waals surface area contributed by atoms with Gasteiger partial charge in [0.25, 0.3) is 0 Å². The highest BCUT2D eigenvalue weighted by Gasteiger charge is 2.55. The number of ether oxygens (including phenoxy) is 2. The first-order chi connectivity index (χ1) is 29.3. The lowest BCUT2D eigenvalue weighted by Gasteiger charge is -2.45. The normalized spacial score (nSPS) is 20.6. The molecule has 21 heteroatoms. The fraction of sp³-hybridized carbons (Fsp3) is 0.610. The number of hydrogen-bond donors (Lipinski definition) is 8. The summed E-state index contributed by atoms with van der Waals surface area (Å²) in [6, 6.07) is 0. The van der Waals surface area contributed by atoms with Crippen LogP contribution in [0.1, 0.15) is 96.8 Å². The Morgan fingerprint density at radius 2 is 1.10 bits per heavy atom. The number of aliphatic hydroxyl groups is 3. The molecule has 0 saturated heterocycles. The second kappa shape index (κ2) is 31.0. The van der Waals surface area contributed by atoms with Gasteiger partial charge in [0.05, 0.1) is 18.9 Å². The van der Waals surface area contributed by atoms with Gasteiger partial charge in [-0.2, -0.15) is 0 Å². The Hall–Kier alpha value is -3.89. The van der Waals surface area contributed by atoms with Gasteiger partial charge in [-0.1, -0.05) is 84.0 Å². The van der Waals surface area contributed by atoms with Crippen LogP contribution in [0, 0.1) is 89.3 Å². The highest BCUT2D eigenvalue weighted by Crippen LogP contribution is 2.51. The standard InChI is InChI=1S/C41H53O18P3/c1-3-5-7-9-11-13-15-17-19-21-23-25-27-29-36(43)57-33(30-55-35(42)28-26-24-22-20-18-16-14-12-10-8-6-4-2)31-56-62(53,54)59-41-38(45)37(44)34(32-60(47,48)49)40(39(41)46)58-61(50,51)52/h2,33-34,37-41,44-46H,3,5,7,9,11,13,15,17,19,21,23,25,27,29-32H2,1H3,(H,53,54)(H2,47,48,49)(H2,50,51,52)/t33-,34+,37+,38?,39-,40?,41?/m0/s1. The van der Waals surface area contributed by atoms with Gasteiger partial charge in [-0.05, 0) is 77.5 Å². The lowest BCUT2D eigenvalue weighted by molar-refractivity contribution is -0.193. The van der Waals surface area contributed by atoms with Gasteiger partial charge in [-0.3, -0.25) is 22.9 Å². The van der Waals surface area contributed by atoms with Gasteiger partial charge in [0.1, 0.15) is 31.0 Å². The number of hydrogen-bond acceptors (Lipinski definition) is 13. The van der Waals surface area contributed by atoms with Gasteiger partial charge >= 0.3 is 35.2 Å². The Labute approximate surface area is 362 Å². The number of unbranched alkanes of at least 4 members (excludes halogenated alkanes) is 12. The monoisotopic (exact) mass is 926 g/mol. The van der Waals surface area contributed by atoms with E-state index in [1.165, 1.54) is 44.9 Å². The average molecular weight is 927 g/mol. The van der Waals surface area contributed by atoms with Crippen molar-refractivity contribution in [2.45, 2.75) is 133 Å². The largest absolute Gasteiger partial charge is 0.472 e. The molecule has 1 rings (SSSR count). The van der Waals surface area contributed by atoms with Crippen LogP contribution in [0.25, 0.3) is 0 Å². The van der Waals surface area contributed by atoms with Crippen molar-refractivity contribution in [3.05, 3.63) is 0 Å². The summed E-state index contributed by atoms with van der Waals surface area (Å²) in [4.78, 5) is 73.0. The summed E-state index contributed by atoms with van der Waals surface area (Å²) in [5, 5.41) is 31.9. The third-order valence-electron chi connectivity index (χ3n) is 8.65. The summed E-state index contributed by atoms with van der Waals surface area (Å²) in [6.07, 6.45) is 3.91. The molecule has 1 saturated carbocycles. The van der Waals surface area contributed by atoms with Gasteiger partial charge in [0.15, 0.2) is 6.10 Å². The molecule has 0 aliphatic heterocycles. The lowest BCUT2D eigenvalue weighted by atomic mass is 9.79. The summed E-state index contributed by atoms with van der Waals surface area (Å²) in [6.45, 7) is 0.397. The number of rotatable bonds is 26. The fourth-order valence-corrected chi connectivity index (χ4v) is 8.35. The van der Waals surface area contributed by atoms with E-state index in [-0.39, 0.29) is 6.42 Å². The second-order valence-corrected chi connectivity index (χ2v) is 18.0. The van der Waals surface area contributed by atoms with Crippen molar-refractivity contribution in [1.29, 1.82) is 0 Å².